The van der Waals surface area contributed by atoms with Crippen LogP contribution in [-0.4, -0.2) is 63.1 Å². The highest BCUT2D eigenvalue weighted by Crippen LogP contribution is 2.28. The van der Waals surface area contributed by atoms with Gasteiger partial charge >= 0.3 is 0 Å². The summed E-state index contributed by atoms with van der Waals surface area (Å²) in [6.45, 7) is 7.39. The molecule has 7 nitrogen and oxygen atoms in total. The van der Waals surface area contributed by atoms with Crippen LogP contribution in [0.25, 0.3) is 0 Å². The Labute approximate surface area is 185 Å². The van der Waals surface area contributed by atoms with E-state index in [9.17, 15) is 4.79 Å². The van der Waals surface area contributed by atoms with E-state index in [0.717, 1.165) is 55.7 Å². The molecule has 0 aromatic heterocycles. The first-order chi connectivity index (χ1) is 15.2. The molecule has 166 valence electrons. The maximum absolute atomic E-state index is 12.2. The van der Waals surface area contributed by atoms with Crippen LogP contribution < -0.4 is 20.3 Å². The number of piperazine rings is 1. The SMILES string of the molecule is CCNC(=NCCC(=O)NCc1ccccc1)N1CCN(c2ccccc2OC)CC1. The van der Waals surface area contributed by atoms with Gasteiger partial charge in [-0.2, -0.15) is 0 Å². The number of aliphatic imine (C=N–C) groups is 1. The Morgan fingerprint density at radius 2 is 1.71 bits per heavy atom. The summed E-state index contributed by atoms with van der Waals surface area (Å²) in [6.07, 6.45) is 0.378. The average Bonchev–Trinajstić information content (AvgIpc) is 2.83. The number of carbonyl (C=O) groups is 1. The van der Waals surface area contributed by atoms with E-state index < -0.39 is 0 Å². The van der Waals surface area contributed by atoms with Crippen LogP contribution in [0.3, 0.4) is 0 Å². The molecule has 2 N–H and O–H groups in total. The minimum absolute atomic E-state index is 0.0180. The lowest BCUT2D eigenvalue weighted by Crippen LogP contribution is -2.52. The van der Waals surface area contributed by atoms with E-state index in [4.69, 9.17) is 9.73 Å². The van der Waals surface area contributed by atoms with Crippen molar-refractivity contribution in [3.8, 4) is 5.75 Å². The normalized spacial score (nSPS) is 14.3. The van der Waals surface area contributed by atoms with Crippen molar-refractivity contribution in [2.45, 2.75) is 19.9 Å². The highest BCUT2D eigenvalue weighted by molar-refractivity contribution is 5.81. The first-order valence-corrected chi connectivity index (χ1v) is 10.9. The number of carbonyl (C=O) groups excluding carboxylic acids is 1. The molecule has 31 heavy (non-hydrogen) atoms. The second-order valence-electron chi connectivity index (χ2n) is 7.39. The van der Waals surface area contributed by atoms with Crippen molar-refractivity contribution in [1.82, 2.24) is 15.5 Å². The molecule has 0 radical (unpaired) electrons. The molecule has 7 heteroatoms. The zero-order valence-corrected chi connectivity index (χ0v) is 18.5. The second-order valence-corrected chi connectivity index (χ2v) is 7.39. The predicted molar refractivity (Wildman–Crippen MR) is 126 cm³/mol. The molecule has 0 bridgehead atoms. The summed E-state index contributed by atoms with van der Waals surface area (Å²) in [5, 5.41) is 6.32. The molecule has 0 saturated carbocycles. The van der Waals surface area contributed by atoms with Gasteiger partial charge in [0.05, 0.1) is 19.3 Å². The zero-order chi connectivity index (χ0) is 21.9. The third-order valence-electron chi connectivity index (χ3n) is 5.27. The van der Waals surface area contributed by atoms with Gasteiger partial charge < -0.3 is 25.2 Å². The van der Waals surface area contributed by atoms with Gasteiger partial charge in [0.25, 0.3) is 0 Å². The van der Waals surface area contributed by atoms with E-state index in [2.05, 4.69) is 33.4 Å². The zero-order valence-electron chi connectivity index (χ0n) is 18.5. The molecule has 1 saturated heterocycles. The highest BCUT2D eigenvalue weighted by atomic mass is 16.5. The molecule has 2 aromatic rings. The molecule has 1 aliphatic rings. The van der Waals surface area contributed by atoms with Gasteiger partial charge in [0, 0.05) is 45.7 Å². The van der Waals surface area contributed by atoms with E-state index >= 15 is 0 Å². The maximum atomic E-state index is 12.2. The number of hydrogen-bond acceptors (Lipinski definition) is 4. The number of benzene rings is 2. The standard InChI is InChI=1S/C24H33N5O2/c1-3-25-24(26-14-13-23(30)27-19-20-9-5-4-6-10-20)29-17-15-28(16-18-29)21-11-7-8-12-22(21)31-2/h4-12H,3,13-19H2,1-2H3,(H,25,26)(H,27,30). The number of amides is 1. The van der Waals surface area contributed by atoms with E-state index in [0.29, 0.717) is 19.5 Å². The third-order valence-corrected chi connectivity index (χ3v) is 5.27. The van der Waals surface area contributed by atoms with Crippen LogP contribution in [0.15, 0.2) is 59.6 Å². The number of nitrogens with one attached hydrogen (secondary N) is 2. The summed E-state index contributed by atoms with van der Waals surface area (Å²) in [7, 11) is 1.71. The quantitative estimate of drug-likeness (QED) is 0.504. The van der Waals surface area contributed by atoms with Crippen molar-refractivity contribution in [2.75, 3.05) is 51.3 Å². The first kappa shape index (κ1) is 22.5. The van der Waals surface area contributed by atoms with Crippen LogP contribution in [0, 0.1) is 0 Å². The number of methoxy groups -OCH3 is 1. The smallest absolute Gasteiger partial charge is 0.222 e. The Morgan fingerprint density at radius 1 is 1.00 bits per heavy atom. The summed E-state index contributed by atoms with van der Waals surface area (Å²) < 4.78 is 5.51. The van der Waals surface area contributed by atoms with Crippen LogP contribution >= 0.6 is 0 Å². The molecular weight excluding hydrogens is 390 g/mol. The van der Waals surface area contributed by atoms with Crippen molar-refractivity contribution in [1.29, 1.82) is 0 Å². The number of anilines is 1. The fourth-order valence-electron chi connectivity index (χ4n) is 3.62. The van der Waals surface area contributed by atoms with Crippen LogP contribution in [-0.2, 0) is 11.3 Å². The highest BCUT2D eigenvalue weighted by Gasteiger charge is 2.21. The monoisotopic (exact) mass is 423 g/mol. The lowest BCUT2D eigenvalue weighted by atomic mass is 10.2. The van der Waals surface area contributed by atoms with E-state index in [1.807, 2.05) is 48.5 Å². The van der Waals surface area contributed by atoms with Gasteiger partial charge in [0.1, 0.15) is 5.75 Å². The summed E-state index contributed by atoms with van der Waals surface area (Å²) in [6, 6.07) is 18.1. The lowest BCUT2D eigenvalue weighted by molar-refractivity contribution is -0.121. The van der Waals surface area contributed by atoms with E-state index in [-0.39, 0.29) is 5.91 Å². The topological polar surface area (TPSA) is 69.2 Å². The summed E-state index contributed by atoms with van der Waals surface area (Å²) in [4.78, 5) is 21.5. The molecule has 1 fully saturated rings. The molecule has 0 aliphatic carbocycles. The molecule has 2 aromatic carbocycles. The number of nitrogens with zero attached hydrogens (tertiary/aromatic N) is 3. The van der Waals surface area contributed by atoms with E-state index in [1.165, 1.54) is 0 Å². The Bertz CT molecular complexity index is 848. The summed E-state index contributed by atoms with van der Waals surface area (Å²) >= 11 is 0. The van der Waals surface area contributed by atoms with Gasteiger partial charge in [-0.05, 0) is 24.6 Å². The summed E-state index contributed by atoms with van der Waals surface area (Å²) in [5.74, 6) is 1.79. The van der Waals surface area contributed by atoms with Crippen molar-refractivity contribution in [3.05, 3.63) is 60.2 Å². The Balaban J connectivity index is 1.48. The number of hydrogen-bond donors (Lipinski definition) is 2. The van der Waals surface area contributed by atoms with Crippen molar-refractivity contribution in [3.63, 3.8) is 0 Å². The third kappa shape index (κ3) is 6.64. The molecule has 0 unspecified atom stereocenters. The van der Waals surface area contributed by atoms with Gasteiger partial charge in [-0.15, -0.1) is 0 Å². The molecule has 1 amide bonds. The molecule has 0 spiro atoms. The van der Waals surface area contributed by atoms with Gasteiger partial charge in [0.15, 0.2) is 5.96 Å². The predicted octanol–water partition coefficient (Wildman–Crippen LogP) is 2.49. The minimum Gasteiger partial charge on any atom is -0.495 e. The van der Waals surface area contributed by atoms with Crippen LogP contribution in [0.2, 0.25) is 0 Å². The molecular formula is C24H33N5O2. The number of para-hydroxylation sites is 2. The number of guanidine groups is 1. The largest absolute Gasteiger partial charge is 0.495 e. The van der Waals surface area contributed by atoms with Crippen LogP contribution in [0.4, 0.5) is 5.69 Å². The molecule has 0 atom stereocenters. The van der Waals surface area contributed by atoms with Gasteiger partial charge in [-0.1, -0.05) is 42.5 Å². The molecule has 1 heterocycles. The number of rotatable bonds is 8. The molecule has 3 rings (SSSR count). The van der Waals surface area contributed by atoms with Gasteiger partial charge in [0.2, 0.25) is 5.91 Å². The fraction of sp³-hybridized carbons (Fsp3) is 0.417. The Hall–Kier alpha value is -3.22. The second kappa shape index (κ2) is 11.8. The Morgan fingerprint density at radius 3 is 2.42 bits per heavy atom. The van der Waals surface area contributed by atoms with Crippen molar-refractivity contribution in [2.24, 2.45) is 4.99 Å². The first-order valence-electron chi connectivity index (χ1n) is 10.9. The van der Waals surface area contributed by atoms with Crippen LogP contribution in [0.5, 0.6) is 5.75 Å². The van der Waals surface area contributed by atoms with Gasteiger partial charge in [-0.25, -0.2) is 0 Å². The maximum Gasteiger partial charge on any atom is 0.222 e. The number of ether oxygens (including phenoxy) is 1. The lowest BCUT2D eigenvalue weighted by Gasteiger charge is -2.38. The summed E-state index contributed by atoms with van der Waals surface area (Å²) in [5.41, 5.74) is 2.22. The molecule has 1 aliphatic heterocycles. The minimum atomic E-state index is 0.0180. The fourth-order valence-corrected chi connectivity index (χ4v) is 3.62. The Kier molecular flexibility index (Phi) is 8.58. The van der Waals surface area contributed by atoms with E-state index in [1.54, 1.807) is 7.11 Å². The van der Waals surface area contributed by atoms with Crippen molar-refractivity contribution >= 4 is 17.6 Å². The average molecular weight is 424 g/mol. The van der Waals surface area contributed by atoms with Crippen molar-refractivity contribution < 1.29 is 9.53 Å². The van der Waals surface area contributed by atoms with Crippen LogP contribution in [0.1, 0.15) is 18.9 Å². The van der Waals surface area contributed by atoms with Gasteiger partial charge in [-0.3, -0.25) is 9.79 Å².